The number of nitrogens with zero attached hydrogens (tertiary/aromatic N) is 3. The Kier molecular flexibility index (Phi) is 2.93. The van der Waals surface area contributed by atoms with E-state index in [1.807, 2.05) is 0 Å². The number of hydrogen-bond donors (Lipinski definition) is 0. The van der Waals surface area contributed by atoms with Crippen molar-refractivity contribution in [2.24, 2.45) is 0 Å². The van der Waals surface area contributed by atoms with Crippen LogP contribution in [0.4, 0.5) is 0 Å². The summed E-state index contributed by atoms with van der Waals surface area (Å²) in [4.78, 5) is 10.4. The molecule has 0 amide bonds. The fourth-order valence-corrected chi connectivity index (χ4v) is 0.873. The van der Waals surface area contributed by atoms with E-state index < -0.39 is 0 Å². The van der Waals surface area contributed by atoms with Gasteiger partial charge in [0.05, 0.1) is 18.8 Å². The topological polar surface area (TPSA) is 57.0 Å². The first-order valence-electron chi connectivity index (χ1n) is 3.63. The highest BCUT2D eigenvalue weighted by molar-refractivity contribution is 5.72. The van der Waals surface area contributed by atoms with Gasteiger partial charge in [-0.05, 0) is 6.92 Å². The summed E-state index contributed by atoms with van der Waals surface area (Å²) < 4.78 is 6.51. The highest BCUT2D eigenvalue weighted by atomic mass is 16.5. The summed E-state index contributed by atoms with van der Waals surface area (Å²) in [6, 6.07) is 0. The second-order valence-electron chi connectivity index (χ2n) is 2.39. The van der Waals surface area contributed by atoms with Crippen LogP contribution in [0.5, 0.6) is 0 Å². The van der Waals surface area contributed by atoms with Gasteiger partial charge in [-0.25, -0.2) is 4.68 Å². The molecule has 12 heavy (non-hydrogen) atoms. The maximum absolute atomic E-state index is 10.4. The number of aldehydes is 1. The van der Waals surface area contributed by atoms with E-state index in [1.165, 1.54) is 0 Å². The molecule has 5 heteroatoms. The van der Waals surface area contributed by atoms with Gasteiger partial charge >= 0.3 is 0 Å². The van der Waals surface area contributed by atoms with E-state index in [4.69, 9.17) is 4.74 Å². The van der Waals surface area contributed by atoms with Gasteiger partial charge in [0.1, 0.15) is 5.69 Å². The molecule has 66 valence electrons. The Morgan fingerprint density at radius 3 is 2.92 bits per heavy atom. The van der Waals surface area contributed by atoms with Gasteiger partial charge in [0.15, 0.2) is 6.29 Å². The first-order valence-corrected chi connectivity index (χ1v) is 3.63. The van der Waals surface area contributed by atoms with E-state index in [0.29, 0.717) is 25.1 Å². The minimum absolute atomic E-state index is 0.395. The number of ether oxygens (including phenoxy) is 1. The summed E-state index contributed by atoms with van der Waals surface area (Å²) in [5.74, 6) is 0. The van der Waals surface area contributed by atoms with Crippen LogP contribution in [-0.4, -0.2) is 35.0 Å². The molecule has 0 unspecified atom stereocenters. The molecule has 0 bridgehead atoms. The molecule has 0 aliphatic rings. The molecule has 0 aromatic carbocycles. The van der Waals surface area contributed by atoms with Gasteiger partial charge in [-0.2, -0.15) is 0 Å². The number of aromatic nitrogens is 3. The van der Waals surface area contributed by atoms with E-state index in [-0.39, 0.29) is 0 Å². The molecule has 5 nitrogen and oxygen atoms in total. The summed E-state index contributed by atoms with van der Waals surface area (Å²) in [6.07, 6.45) is 0.700. The Morgan fingerprint density at radius 1 is 1.67 bits per heavy atom. The van der Waals surface area contributed by atoms with E-state index in [1.54, 1.807) is 18.7 Å². The van der Waals surface area contributed by atoms with Crippen molar-refractivity contribution in [1.29, 1.82) is 0 Å². The molecule has 0 N–H and O–H groups in total. The molecule has 0 radical (unpaired) electrons. The monoisotopic (exact) mass is 169 g/mol. The number of methoxy groups -OCH3 is 1. The van der Waals surface area contributed by atoms with Gasteiger partial charge < -0.3 is 4.74 Å². The first-order chi connectivity index (χ1) is 5.79. The lowest BCUT2D eigenvalue weighted by atomic mass is 10.4. The molecular formula is C7H11N3O2. The van der Waals surface area contributed by atoms with Crippen molar-refractivity contribution in [3.63, 3.8) is 0 Å². The molecule has 0 saturated carbocycles. The molecule has 0 saturated heterocycles. The Bertz CT molecular complexity index is 270. The Balaban J connectivity index is 2.72. The Morgan fingerprint density at radius 2 is 2.42 bits per heavy atom. The molecule has 0 spiro atoms. The zero-order chi connectivity index (χ0) is 8.97. The Labute approximate surface area is 70.3 Å². The first kappa shape index (κ1) is 8.86. The normalized spacial score (nSPS) is 10.2. The highest BCUT2D eigenvalue weighted by Crippen LogP contribution is 1.99. The maximum atomic E-state index is 10.4. The second kappa shape index (κ2) is 3.96. The fraction of sp³-hybridized carbons (Fsp3) is 0.571. The predicted octanol–water partition coefficient (Wildman–Crippen LogP) is 0.0454. The second-order valence-corrected chi connectivity index (χ2v) is 2.39. The van der Waals surface area contributed by atoms with Crippen molar-refractivity contribution in [2.45, 2.75) is 13.5 Å². The number of carbonyl (C=O) groups is 1. The SMILES string of the molecule is COCCn1nnc(C=O)c1C. The molecule has 1 heterocycles. The molecule has 1 aromatic heterocycles. The van der Waals surface area contributed by atoms with Crippen LogP contribution in [0.1, 0.15) is 16.2 Å². The molecule has 0 aliphatic heterocycles. The highest BCUT2D eigenvalue weighted by Gasteiger charge is 2.05. The van der Waals surface area contributed by atoms with E-state index in [0.717, 1.165) is 5.69 Å². The van der Waals surface area contributed by atoms with Gasteiger partial charge in [0, 0.05) is 7.11 Å². The molecule has 0 atom stereocenters. The van der Waals surface area contributed by atoms with E-state index in [9.17, 15) is 4.79 Å². The van der Waals surface area contributed by atoms with Crippen molar-refractivity contribution in [3.05, 3.63) is 11.4 Å². The number of hydrogen-bond acceptors (Lipinski definition) is 4. The average molecular weight is 169 g/mol. The summed E-state index contributed by atoms with van der Waals surface area (Å²) in [6.45, 7) is 3.01. The van der Waals surface area contributed by atoms with Crippen molar-refractivity contribution < 1.29 is 9.53 Å². The quantitative estimate of drug-likeness (QED) is 0.597. The predicted molar refractivity (Wildman–Crippen MR) is 42.0 cm³/mol. The van der Waals surface area contributed by atoms with Gasteiger partial charge in [-0.15, -0.1) is 5.10 Å². The third kappa shape index (κ3) is 1.68. The minimum Gasteiger partial charge on any atom is -0.383 e. The summed E-state index contributed by atoms with van der Waals surface area (Å²) in [5.41, 5.74) is 1.17. The van der Waals surface area contributed by atoms with Crippen LogP contribution in [0.3, 0.4) is 0 Å². The van der Waals surface area contributed by atoms with Crippen molar-refractivity contribution in [2.75, 3.05) is 13.7 Å². The maximum Gasteiger partial charge on any atom is 0.172 e. The minimum atomic E-state index is 0.395. The number of rotatable bonds is 4. The van der Waals surface area contributed by atoms with Crippen LogP contribution in [0.15, 0.2) is 0 Å². The van der Waals surface area contributed by atoms with Crippen LogP contribution >= 0.6 is 0 Å². The van der Waals surface area contributed by atoms with Crippen LogP contribution in [0.2, 0.25) is 0 Å². The van der Waals surface area contributed by atoms with Gasteiger partial charge in [0.25, 0.3) is 0 Å². The van der Waals surface area contributed by atoms with Gasteiger partial charge in [-0.1, -0.05) is 5.21 Å². The Hall–Kier alpha value is -1.23. The van der Waals surface area contributed by atoms with Crippen LogP contribution in [0, 0.1) is 6.92 Å². The molecule has 1 rings (SSSR count). The molecule has 0 aliphatic carbocycles. The van der Waals surface area contributed by atoms with Crippen molar-refractivity contribution >= 4 is 6.29 Å². The third-order valence-electron chi connectivity index (χ3n) is 1.64. The lowest BCUT2D eigenvalue weighted by molar-refractivity contribution is 0.111. The van der Waals surface area contributed by atoms with Crippen LogP contribution in [0.25, 0.3) is 0 Å². The van der Waals surface area contributed by atoms with Crippen molar-refractivity contribution in [3.8, 4) is 0 Å². The summed E-state index contributed by atoms with van der Waals surface area (Å²) in [7, 11) is 1.62. The lowest BCUT2D eigenvalue weighted by Gasteiger charge is -2.00. The zero-order valence-corrected chi connectivity index (χ0v) is 7.15. The van der Waals surface area contributed by atoms with Gasteiger partial charge in [0.2, 0.25) is 0 Å². The molecular weight excluding hydrogens is 158 g/mol. The average Bonchev–Trinajstić information content (AvgIpc) is 2.43. The van der Waals surface area contributed by atoms with Crippen molar-refractivity contribution in [1.82, 2.24) is 15.0 Å². The smallest absolute Gasteiger partial charge is 0.172 e. The lowest BCUT2D eigenvalue weighted by Crippen LogP contribution is -2.07. The summed E-state index contributed by atoms with van der Waals surface area (Å²) in [5, 5.41) is 7.46. The van der Waals surface area contributed by atoms with Crippen LogP contribution < -0.4 is 0 Å². The largest absolute Gasteiger partial charge is 0.383 e. The standard InChI is InChI=1S/C7H11N3O2/c1-6-7(5-11)8-9-10(6)3-4-12-2/h5H,3-4H2,1-2H3. The fourth-order valence-electron chi connectivity index (χ4n) is 0.873. The van der Waals surface area contributed by atoms with Crippen LogP contribution in [-0.2, 0) is 11.3 Å². The molecule has 1 aromatic rings. The molecule has 0 fully saturated rings. The van der Waals surface area contributed by atoms with E-state index in [2.05, 4.69) is 10.3 Å². The third-order valence-corrected chi connectivity index (χ3v) is 1.64. The number of carbonyl (C=O) groups excluding carboxylic acids is 1. The zero-order valence-electron chi connectivity index (χ0n) is 7.15. The summed E-state index contributed by atoms with van der Waals surface area (Å²) >= 11 is 0. The van der Waals surface area contributed by atoms with E-state index >= 15 is 0 Å². The van der Waals surface area contributed by atoms with Gasteiger partial charge in [-0.3, -0.25) is 4.79 Å².